The lowest BCUT2D eigenvalue weighted by Crippen LogP contribution is -2.47. The van der Waals surface area contributed by atoms with E-state index in [2.05, 4.69) is 9.88 Å². The summed E-state index contributed by atoms with van der Waals surface area (Å²) in [6.07, 6.45) is -0.696. The number of piperazine rings is 1. The molecule has 0 atom stereocenters. The number of aromatic nitrogens is 4. The molecular formula is C25H31N7O11. The normalized spacial score (nSPS) is 13.8. The number of fused-ring (bicyclic) bond motifs is 1. The number of aliphatic carboxylic acids is 3. The summed E-state index contributed by atoms with van der Waals surface area (Å²) in [6, 6.07) is 6.80. The number of nitro groups is 1. The largest absolute Gasteiger partial charge is 0.481 e. The van der Waals surface area contributed by atoms with E-state index >= 15 is 0 Å². The molecule has 0 spiro atoms. The van der Waals surface area contributed by atoms with Gasteiger partial charge in [0.2, 0.25) is 0 Å². The number of carboxylic acids is 3. The highest BCUT2D eigenvalue weighted by atomic mass is 16.6. The van der Waals surface area contributed by atoms with Gasteiger partial charge in [-0.25, -0.2) is 14.6 Å². The number of hydrogen-bond acceptors (Lipinski definition) is 11. The third-order valence-corrected chi connectivity index (χ3v) is 6.95. The molecule has 0 unspecified atom stereocenters. The van der Waals surface area contributed by atoms with Gasteiger partial charge in [0.1, 0.15) is 5.69 Å². The molecule has 2 aromatic heterocycles. The number of imidazole rings is 1. The fraction of sp³-hybridized carbons (Fsp3) is 0.440. The lowest BCUT2D eigenvalue weighted by molar-refractivity contribution is -0.384. The zero-order chi connectivity index (χ0) is 32.1. The van der Waals surface area contributed by atoms with E-state index in [1.54, 1.807) is 30.1 Å². The van der Waals surface area contributed by atoms with Crippen LogP contribution in [0, 0.1) is 10.1 Å². The minimum Gasteiger partial charge on any atom is -0.481 e. The van der Waals surface area contributed by atoms with Crippen LogP contribution in [0.3, 0.4) is 0 Å². The molecule has 1 aliphatic rings. The van der Waals surface area contributed by atoms with Crippen molar-refractivity contribution in [3.05, 3.63) is 61.5 Å². The fourth-order valence-electron chi connectivity index (χ4n) is 4.63. The Morgan fingerprint density at radius 2 is 1.53 bits per heavy atom. The molecule has 0 amide bonds. The monoisotopic (exact) mass is 605 g/mol. The van der Waals surface area contributed by atoms with Crippen LogP contribution in [0.25, 0.3) is 11.2 Å². The Hall–Kier alpha value is -5.10. The number of hydrogen-bond donors (Lipinski definition) is 4. The maximum atomic E-state index is 12.5. The topological polar surface area (TPSA) is 244 Å². The SMILES string of the molecule is Cn1c(=O)c2c(ncn2CCN2CCN(c3ccccc3[N+](=O)[O-])CC2)n(C)c1=O.O=C(O)CC(O)(CC(=O)O)C(=O)O. The van der Waals surface area contributed by atoms with E-state index in [1.165, 1.54) is 17.7 Å². The Bertz CT molecular complexity index is 1640. The van der Waals surface area contributed by atoms with Crippen molar-refractivity contribution in [3.8, 4) is 0 Å². The van der Waals surface area contributed by atoms with E-state index in [0.29, 0.717) is 43.0 Å². The molecule has 0 saturated carbocycles. The second-order valence-electron chi connectivity index (χ2n) is 9.87. The summed E-state index contributed by atoms with van der Waals surface area (Å²) in [5.74, 6) is -5.02. The minimum atomic E-state index is -2.74. The first-order valence-electron chi connectivity index (χ1n) is 12.9. The van der Waals surface area contributed by atoms with Crippen LogP contribution in [0.2, 0.25) is 0 Å². The van der Waals surface area contributed by atoms with Crippen molar-refractivity contribution < 1.29 is 39.7 Å². The minimum absolute atomic E-state index is 0.122. The predicted octanol–water partition coefficient (Wildman–Crippen LogP) is -1.08. The van der Waals surface area contributed by atoms with Gasteiger partial charge in [-0.1, -0.05) is 12.1 Å². The molecule has 0 bridgehead atoms. The lowest BCUT2D eigenvalue weighted by atomic mass is 9.96. The Kier molecular flexibility index (Phi) is 9.99. The van der Waals surface area contributed by atoms with Gasteiger partial charge >= 0.3 is 23.6 Å². The Labute approximate surface area is 242 Å². The average Bonchev–Trinajstić information content (AvgIpc) is 3.38. The van der Waals surface area contributed by atoms with Crippen LogP contribution in [0.5, 0.6) is 0 Å². The Morgan fingerprint density at radius 3 is 2.07 bits per heavy atom. The third kappa shape index (κ3) is 7.41. The summed E-state index contributed by atoms with van der Waals surface area (Å²) < 4.78 is 4.25. The standard InChI is InChI=1S/C19H23N7O4.C6H8O7/c1-21-17-16(18(27)22(2)19(21)28)25(13-20-17)12-9-23-7-10-24(11-8-23)14-5-3-4-6-15(14)26(29)30;7-3(8)1-6(13,5(11)12)2-4(9)10/h3-6,13H,7-12H2,1-2H3;13H,1-2H2,(H,7,8)(H,9,10)(H,11,12). The number of benzene rings is 1. The van der Waals surface area contributed by atoms with Crippen molar-refractivity contribution in [3.63, 3.8) is 0 Å². The lowest BCUT2D eigenvalue weighted by Gasteiger charge is -2.35. The first-order valence-corrected chi connectivity index (χ1v) is 12.9. The summed E-state index contributed by atoms with van der Waals surface area (Å²) in [4.78, 5) is 74.5. The Morgan fingerprint density at radius 1 is 0.953 bits per heavy atom. The number of rotatable bonds is 10. The zero-order valence-corrected chi connectivity index (χ0v) is 23.3. The highest BCUT2D eigenvalue weighted by Gasteiger charge is 2.40. The van der Waals surface area contributed by atoms with Gasteiger partial charge in [-0.2, -0.15) is 0 Å². The second-order valence-corrected chi connectivity index (χ2v) is 9.87. The van der Waals surface area contributed by atoms with E-state index in [9.17, 15) is 34.1 Å². The van der Waals surface area contributed by atoms with Crippen molar-refractivity contribution in [1.29, 1.82) is 0 Å². The summed E-state index contributed by atoms with van der Waals surface area (Å²) in [5.41, 5.74) is -1.93. The summed E-state index contributed by atoms with van der Waals surface area (Å²) in [6.45, 7) is 4.17. The molecule has 1 fully saturated rings. The summed E-state index contributed by atoms with van der Waals surface area (Å²) in [7, 11) is 3.06. The molecule has 1 saturated heterocycles. The smallest absolute Gasteiger partial charge is 0.336 e. The van der Waals surface area contributed by atoms with Crippen LogP contribution in [0.4, 0.5) is 11.4 Å². The molecule has 18 nitrogen and oxygen atoms in total. The number of nitro benzene ring substituents is 1. The molecule has 4 N–H and O–H groups in total. The van der Waals surface area contributed by atoms with Crippen LogP contribution in [-0.2, 0) is 35.0 Å². The first kappa shape index (κ1) is 32.4. The van der Waals surface area contributed by atoms with Gasteiger partial charge in [0.15, 0.2) is 16.8 Å². The van der Waals surface area contributed by atoms with E-state index in [0.717, 1.165) is 17.7 Å². The molecular weight excluding hydrogens is 574 g/mol. The number of para-hydroxylation sites is 2. The summed E-state index contributed by atoms with van der Waals surface area (Å²) >= 11 is 0. The molecule has 0 aliphatic carbocycles. The van der Waals surface area contributed by atoms with Gasteiger partial charge in [0.05, 0.1) is 24.1 Å². The maximum Gasteiger partial charge on any atom is 0.336 e. The number of nitrogens with zero attached hydrogens (tertiary/aromatic N) is 7. The zero-order valence-electron chi connectivity index (χ0n) is 23.3. The van der Waals surface area contributed by atoms with Gasteiger partial charge in [0, 0.05) is 59.4 Å². The molecule has 43 heavy (non-hydrogen) atoms. The van der Waals surface area contributed by atoms with Crippen molar-refractivity contribution in [2.75, 3.05) is 37.6 Å². The first-order chi connectivity index (χ1) is 20.2. The molecule has 1 aliphatic heterocycles. The average molecular weight is 606 g/mol. The Balaban J connectivity index is 0.000000331. The quantitative estimate of drug-likeness (QED) is 0.159. The predicted molar refractivity (Wildman–Crippen MR) is 149 cm³/mol. The molecule has 1 aromatic carbocycles. The molecule has 0 radical (unpaired) electrons. The van der Waals surface area contributed by atoms with Crippen LogP contribution in [0.15, 0.2) is 40.2 Å². The molecule has 18 heteroatoms. The maximum absolute atomic E-state index is 12.5. The van der Waals surface area contributed by atoms with Crippen LogP contribution >= 0.6 is 0 Å². The summed E-state index contributed by atoms with van der Waals surface area (Å²) in [5, 5.41) is 45.1. The number of aliphatic hydroxyl groups is 1. The van der Waals surface area contributed by atoms with E-state index in [1.807, 2.05) is 11.0 Å². The van der Waals surface area contributed by atoms with Crippen molar-refractivity contribution in [2.45, 2.75) is 25.0 Å². The van der Waals surface area contributed by atoms with Gasteiger partial charge in [-0.05, 0) is 6.07 Å². The van der Waals surface area contributed by atoms with E-state index in [4.69, 9.17) is 20.4 Å². The van der Waals surface area contributed by atoms with Gasteiger partial charge < -0.3 is 29.9 Å². The molecule has 232 valence electrons. The highest BCUT2D eigenvalue weighted by Crippen LogP contribution is 2.28. The van der Waals surface area contributed by atoms with E-state index in [-0.39, 0.29) is 16.2 Å². The van der Waals surface area contributed by atoms with Gasteiger partial charge in [-0.3, -0.25) is 38.5 Å². The fourth-order valence-corrected chi connectivity index (χ4v) is 4.63. The van der Waals surface area contributed by atoms with Crippen molar-refractivity contribution in [1.82, 2.24) is 23.6 Å². The molecule has 3 aromatic rings. The number of anilines is 1. The van der Waals surface area contributed by atoms with Gasteiger partial charge in [-0.15, -0.1) is 0 Å². The van der Waals surface area contributed by atoms with Gasteiger partial charge in [0.25, 0.3) is 11.2 Å². The van der Waals surface area contributed by atoms with E-state index < -0.39 is 42.0 Å². The molecule has 3 heterocycles. The number of aryl methyl sites for hydroxylation is 1. The van der Waals surface area contributed by atoms with Crippen molar-refractivity contribution in [2.24, 2.45) is 14.1 Å². The van der Waals surface area contributed by atoms with Crippen molar-refractivity contribution >= 4 is 40.4 Å². The number of carboxylic acid groups (broad SMARTS) is 3. The third-order valence-electron chi connectivity index (χ3n) is 6.95. The van der Waals surface area contributed by atoms with Crippen LogP contribution in [0.1, 0.15) is 12.8 Å². The second kappa shape index (κ2) is 13.3. The molecule has 4 rings (SSSR count). The van der Waals surface area contributed by atoms with Crippen LogP contribution in [-0.4, -0.2) is 105 Å². The van der Waals surface area contributed by atoms with Crippen LogP contribution < -0.4 is 16.1 Å². The highest BCUT2D eigenvalue weighted by molar-refractivity contribution is 5.88. The number of carbonyl (C=O) groups is 3.